The van der Waals surface area contributed by atoms with E-state index < -0.39 is 13.3 Å². The fraction of sp³-hybridized carbons (Fsp3) is 0.0800. The number of benzene rings is 7. The zero-order valence-electron chi connectivity index (χ0n) is 30.9. The van der Waals surface area contributed by atoms with Gasteiger partial charge in [0.05, 0.1) is 11.3 Å². The van der Waals surface area contributed by atoms with Crippen molar-refractivity contribution < 1.29 is 24.5 Å². The average molecular weight is 948 g/mol. The maximum absolute atomic E-state index is 6.43. The summed E-state index contributed by atoms with van der Waals surface area (Å²) in [6, 6.07) is 63.7. The first-order chi connectivity index (χ1) is 26.4. The molecule has 3 nitrogen and oxygen atoms in total. The summed E-state index contributed by atoms with van der Waals surface area (Å²) in [7, 11) is 0. The second-order valence-corrected chi connectivity index (χ2v) is 25.4. The van der Waals surface area contributed by atoms with Gasteiger partial charge < -0.3 is 4.42 Å². The van der Waals surface area contributed by atoms with Gasteiger partial charge in [0.2, 0.25) is 0 Å². The van der Waals surface area contributed by atoms with Crippen molar-refractivity contribution in [2.45, 2.75) is 23.2 Å². The molecule has 0 aliphatic carbocycles. The molecule has 2 aromatic heterocycles. The molecule has 0 saturated carbocycles. The van der Waals surface area contributed by atoms with E-state index in [-0.39, 0.29) is 26.0 Å². The van der Waals surface area contributed by atoms with Gasteiger partial charge in [-0.15, -0.1) is 18.2 Å². The topological polar surface area (TPSA) is 38.4 Å². The van der Waals surface area contributed by atoms with Crippen LogP contribution in [0.15, 0.2) is 179 Å². The Morgan fingerprint density at radius 1 is 0.600 bits per heavy atom. The number of fused-ring (bicyclic) bond motifs is 5. The van der Waals surface area contributed by atoms with E-state index >= 15 is 0 Å². The fourth-order valence-corrected chi connectivity index (χ4v) is 9.65. The molecule has 0 bridgehead atoms. The first-order valence-corrected chi connectivity index (χ1v) is 25.8. The van der Waals surface area contributed by atoms with Gasteiger partial charge in [0.1, 0.15) is 5.58 Å². The summed E-state index contributed by atoms with van der Waals surface area (Å²) < 4.78 is 7.88. The Balaban J connectivity index is 0.000000212. The molecule has 7 aromatic carbocycles. The van der Waals surface area contributed by atoms with Crippen molar-refractivity contribution in [2.75, 3.05) is 0 Å². The molecule has 0 amide bonds. The van der Waals surface area contributed by atoms with E-state index in [2.05, 4.69) is 156 Å². The fourth-order valence-electron chi connectivity index (χ4n) is 7.48. The third-order valence-corrected chi connectivity index (χ3v) is 14.6. The number of furan rings is 1. The first kappa shape index (κ1) is 36.6. The maximum Gasteiger partial charge on any atom is 0.120 e. The zero-order valence-corrected chi connectivity index (χ0v) is 35.4. The van der Waals surface area contributed by atoms with Crippen LogP contribution in [0.1, 0.15) is 22.6 Å². The van der Waals surface area contributed by atoms with Gasteiger partial charge in [-0.1, -0.05) is 108 Å². The van der Waals surface area contributed by atoms with Crippen LogP contribution < -0.4 is 4.40 Å². The van der Waals surface area contributed by atoms with Gasteiger partial charge in [-0.25, -0.2) is 0 Å². The molecular formula is C50H38GeIrN2O-2. The first-order valence-electron chi connectivity index (χ1n) is 18.4. The molecule has 9 aromatic rings. The summed E-state index contributed by atoms with van der Waals surface area (Å²) in [6.45, 7) is 0. The molecule has 5 heteroatoms. The molecule has 10 rings (SSSR count). The van der Waals surface area contributed by atoms with Crippen LogP contribution in [0.2, 0.25) is 17.3 Å². The Kier molecular flexibility index (Phi) is 10.2. The molecule has 1 radical (unpaired) electrons. The van der Waals surface area contributed by atoms with Crippen LogP contribution in [-0.2, 0) is 20.1 Å². The Labute approximate surface area is 338 Å². The third kappa shape index (κ3) is 7.14. The van der Waals surface area contributed by atoms with E-state index in [4.69, 9.17) is 9.41 Å². The molecule has 0 fully saturated rings. The number of nitrogens with zero attached hydrogens (tertiary/aromatic N) is 2. The van der Waals surface area contributed by atoms with Crippen LogP contribution in [-0.4, -0.2) is 24.0 Å². The van der Waals surface area contributed by atoms with Gasteiger partial charge in [-0.2, -0.15) is 0 Å². The predicted octanol–water partition coefficient (Wildman–Crippen LogP) is 12.6. The second-order valence-electron chi connectivity index (χ2n) is 14.8. The van der Waals surface area contributed by atoms with E-state index in [0.29, 0.717) is 0 Å². The maximum atomic E-state index is 6.43. The molecule has 55 heavy (non-hydrogen) atoms. The normalized spacial score (nSPS) is 13.5. The smallest absolute Gasteiger partial charge is 0.120 e. The number of hydrogen-bond donors (Lipinski definition) is 0. The third-order valence-electron chi connectivity index (χ3n) is 10.3. The molecule has 1 aliphatic rings. The van der Waals surface area contributed by atoms with Crippen LogP contribution in [0.3, 0.4) is 0 Å². The van der Waals surface area contributed by atoms with Gasteiger partial charge in [0, 0.05) is 31.4 Å². The van der Waals surface area contributed by atoms with Crippen LogP contribution in [0.5, 0.6) is 0 Å². The van der Waals surface area contributed by atoms with E-state index in [1.807, 2.05) is 48.7 Å². The van der Waals surface area contributed by atoms with Crippen molar-refractivity contribution in [3.63, 3.8) is 0 Å². The van der Waals surface area contributed by atoms with Gasteiger partial charge in [0.15, 0.2) is 0 Å². The van der Waals surface area contributed by atoms with E-state index in [9.17, 15) is 0 Å². The number of hydrogen-bond acceptors (Lipinski definition) is 3. The van der Waals surface area contributed by atoms with E-state index in [1.54, 1.807) is 0 Å². The van der Waals surface area contributed by atoms with Gasteiger partial charge in [0.25, 0.3) is 0 Å². The Bertz CT molecular complexity index is 2800. The summed E-state index contributed by atoms with van der Waals surface area (Å²) in [4.78, 5) is 9.74. The summed E-state index contributed by atoms with van der Waals surface area (Å²) >= 11 is -1.72. The van der Waals surface area contributed by atoms with Crippen LogP contribution >= 0.6 is 0 Å². The minimum atomic E-state index is -1.72. The predicted molar refractivity (Wildman–Crippen MR) is 228 cm³/mol. The molecular weight excluding hydrogens is 909 g/mol. The van der Waals surface area contributed by atoms with E-state index in [1.165, 1.54) is 37.4 Å². The molecule has 0 saturated heterocycles. The zero-order chi connectivity index (χ0) is 36.6. The van der Waals surface area contributed by atoms with Crippen molar-refractivity contribution in [3.8, 4) is 22.4 Å². The molecule has 0 spiro atoms. The van der Waals surface area contributed by atoms with Crippen molar-refractivity contribution in [1.29, 1.82) is 0 Å². The summed E-state index contributed by atoms with van der Waals surface area (Å²) in [5.41, 5.74) is 11.6. The molecule has 269 valence electrons. The number of aromatic nitrogens is 1. The molecule has 1 atom stereocenters. The number of aliphatic imine (C=N–C) groups is 1. The van der Waals surface area contributed by atoms with Crippen molar-refractivity contribution in [2.24, 2.45) is 4.99 Å². The SMILES string of the molecule is [CH3][Ge]([CH3])([CH3])[c]1ccc(-c2[c-]cccc2)nc1.[Ir].[c-]1ccc2c(oc3ccccc32)c1C1=Nc2ccccc2C1c1cccc2ccc(-c3ccccc3)cc12. The molecule has 1 aliphatic heterocycles. The Hall–Kier alpha value is -5.39. The van der Waals surface area contributed by atoms with Crippen molar-refractivity contribution in [3.05, 3.63) is 199 Å². The minimum absolute atomic E-state index is 0. The molecule has 1 unspecified atom stereocenters. The molecule has 0 N–H and O–H groups in total. The second kappa shape index (κ2) is 15.4. The Morgan fingerprint density at radius 3 is 2.18 bits per heavy atom. The summed E-state index contributed by atoms with van der Waals surface area (Å²) in [5, 5.41) is 4.66. The Morgan fingerprint density at radius 2 is 1.38 bits per heavy atom. The van der Waals surface area contributed by atoms with Gasteiger partial charge in [-0.3, -0.25) is 4.99 Å². The number of para-hydroxylation sites is 2. The van der Waals surface area contributed by atoms with E-state index in [0.717, 1.165) is 50.2 Å². The minimum Gasteiger partial charge on any atom is -0.501 e. The van der Waals surface area contributed by atoms with Crippen molar-refractivity contribution >= 4 is 61.8 Å². The van der Waals surface area contributed by atoms with Crippen molar-refractivity contribution in [1.82, 2.24) is 4.98 Å². The van der Waals surface area contributed by atoms with Crippen LogP contribution in [0.4, 0.5) is 5.69 Å². The largest absolute Gasteiger partial charge is 0.501 e. The number of pyridine rings is 1. The van der Waals surface area contributed by atoms with Crippen LogP contribution in [0, 0.1) is 12.1 Å². The van der Waals surface area contributed by atoms with Gasteiger partial charge >= 0.3 is 99.8 Å². The standard InChI is InChI=1S/C36H22NO.C14H16GeN.Ir/c1-2-10-23(11-3-1)25-21-20-24-12-8-15-27(31(24)22-25)34-29-14-4-6-18-32(29)37-35(34)30-17-9-16-28-26-13-5-7-19-33(26)38-36(28)30;1-15(2,3)13-9-10-14(16-11-13)12-7-5-4-6-8-12;/h1-16,18-22,34H;4-7,9-11H,1-3H3;/q2*-1;. The average Bonchev–Trinajstić information content (AvgIpc) is 3.80. The van der Waals surface area contributed by atoms with Gasteiger partial charge in [-0.05, 0) is 56.9 Å². The quantitative estimate of drug-likeness (QED) is 0.127. The summed E-state index contributed by atoms with van der Waals surface area (Å²) in [6.07, 6.45) is 2.04. The van der Waals surface area contributed by atoms with Crippen LogP contribution in [0.25, 0.3) is 55.1 Å². The monoisotopic (exact) mass is 949 g/mol. The summed E-state index contributed by atoms with van der Waals surface area (Å²) in [5.74, 6) is 7.11. The number of rotatable bonds is 5. The molecule has 3 heterocycles.